The van der Waals surface area contributed by atoms with Crippen LogP contribution in [0.15, 0.2) is 24.3 Å². The molecule has 0 aromatic heterocycles. The number of rotatable bonds is 1. The zero-order valence-electron chi connectivity index (χ0n) is 7.18. The molecule has 1 nitrogen and oxygen atoms in total. The largest absolute Gasteiger partial charge is 0.287 e. The Morgan fingerprint density at radius 2 is 2.25 bits per heavy atom. The van der Waals surface area contributed by atoms with Gasteiger partial charge in [-0.2, -0.15) is 0 Å². The van der Waals surface area contributed by atoms with Gasteiger partial charge >= 0.3 is 0 Å². The maximum Gasteiger partial charge on any atom is 0.172 e. The predicted octanol–water partition coefficient (Wildman–Crippen LogP) is 1.34. The molecule has 0 radical (unpaired) electrons. The van der Waals surface area contributed by atoms with E-state index in [1.807, 2.05) is 0 Å². The molecule has 0 fully saturated rings. The van der Waals surface area contributed by atoms with Crippen LogP contribution in [0.25, 0.3) is 0 Å². The molecule has 2 rings (SSSR count). The number of fused-ring (bicyclic) bond motifs is 1. The topological polar surface area (TPSA) is 4.44 Å². The summed E-state index contributed by atoms with van der Waals surface area (Å²) in [6.07, 6.45) is 1.01. The van der Waals surface area contributed by atoms with Crippen LogP contribution in [0, 0.1) is 0 Å². The summed E-state index contributed by atoms with van der Waals surface area (Å²) in [4.78, 5) is 1.41. The van der Waals surface area contributed by atoms with E-state index in [2.05, 4.69) is 31.2 Å². The second kappa shape index (κ2) is 3.08. The van der Waals surface area contributed by atoms with Gasteiger partial charge in [0, 0.05) is 12.0 Å². The van der Waals surface area contributed by atoms with Crippen molar-refractivity contribution >= 4 is 17.3 Å². The molecule has 0 saturated heterocycles. The maximum absolute atomic E-state index is 6.21. The molecule has 1 aliphatic heterocycles. The molecule has 0 bridgehead atoms. The molecule has 0 aliphatic carbocycles. The Kier molecular flexibility index (Phi) is 2.07. The van der Waals surface area contributed by atoms with Crippen LogP contribution in [0.3, 0.4) is 0 Å². The van der Waals surface area contributed by atoms with Gasteiger partial charge in [-0.05, 0) is 13.0 Å². The standard InChI is InChI=1S/C10H12ClN/c1-2-12-9-6-4-3-5-8(9)7-10(12)11/h3-6,10H,2,7H2,1H3/p+1. The second-order valence-corrected chi connectivity index (χ2v) is 3.73. The number of para-hydroxylation sites is 1. The smallest absolute Gasteiger partial charge is 0.172 e. The van der Waals surface area contributed by atoms with Gasteiger partial charge in [0.25, 0.3) is 0 Å². The van der Waals surface area contributed by atoms with Crippen LogP contribution in [-0.2, 0) is 6.42 Å². The van der Waals surface area contributed by atoms with E-state index in [4.69, 9.17) is 11.6 Å². The summed E-state index contributed by atoms with van der Waals surface area (Å²) >= 11 is 6.21. The van der Waals surface area contributed by atoms with Crippen molar-refractivity contribution in [1.82, 2.24) is 0 Å². The van der Waals surface area contributed by atoms with Gasteiger partial charge in [-0.1, -0.05) is 29.8 Å². The van der Waals surface area contributed by atoms with Gasteiger partial charge in [0.1, 0.15) is 5.69 Å². The lowest BCUT2D eigenvalue weighted by atomic mass is 10.2. The molecule has 12 heavy (non-hydrogen) atoms. The molecule has 1 aromatic rings. The molecule has 1 aliphatic rings. The third kappa shape index (κ3) is 1.13. The van der Waals surface area contributed by atoms with Crippen molar-refractivity contribution in [2.45, 2.75) is 18.8 Å². The molecule has 2 heteroatoms. The van der Waals surface area contributed by atoms with E-state index < -0.39 is 0 Å². The fourth-order valence-corrected chi connectivity index (χ4v) is 2.35. The van der Waals surface area contributed by atoms with Crippen LogP contribution in [0.2, 0.25) is 0 Å². The van der Waals surface area contributed by atoms with Crippen LogP contribution in [0.4, 0.5) is 5.69 Å². The summed E-state index contributed by atoms with van der Waals surface area (Å²) in [7, 11) is 0. The Morgan fingerprint density at radius 3 is 3.00 bits per heavy atom. The summed E-state index contributed by atoms with van der Waals surface area (Å²) in [5.41, 5.74) is 3.04. The number of nitrogens with one attached hydrogen (secondary N) is 1. The monoisotopic (exact) mass is 182 g/mol. The number of quaternary nitrogens is 1. The summed E-state index contributed by atoms with van der Waals surface area (Å²) in [5, 5.41) is 0. The number of benzene rings is 1. The van der Waals surface area contributed by atoms with E-state index in [0.717, 1.165) is 13.0 Å². The average Bonchev–Trinajstić information content (AvgIpc) is 2.40. The summed E-state index contributed by atoms with van der Waals surface area (Å²) in [6, 6.07) is 8.52. The molecular weight excluding hydrogens is 170 g/mol. The van der Waals surface area contributed by atoms with Crippen molar-refractivity contribution < 1.29 is 4.90 Å². The van der Waals surface area contributed by atoms with Gasteiger partial charge in [0.2, 0.25) is 0 Å². The molecule has 1 aromatic carbocycles. The van der Waals surface area contributed by atoms with Gasteiger partial charge < -0.3 is 0 Å². The summed E-state index contributed by atoms with van der Waals surface area (Å²) < 4.78 is 0. The van der Waals surface area contributed by atoms with Crippen molar-refractivity contribution in [3.63, 3.8) is 0 Å². The number of halogens is 1. The SMILES string of the molecule is CC[NH+]1c2ccccc2CC1Cl. The molecule has 64 valence electrons. The van der Waals surface area contributed by atoms with Gasteiger partial charge in [-0.25, -0.2) is 0 Å². The highest BCUT2D eigenvalue weighted by Gasteiger charge is 2.30. The first-order chi connectivity index (χ1) is 5.83. The molecule has 0 spiro atoms. The van der Waals surface area contributed by atoms with Crippen LogP contribution >= 0.6 is 11.6 Å². The fraction of sp³-hybridized carbons (Fsp3) is 0.400. The highest BCUT2D eigenvalue weighted by molar-refractivity contribution is 6.19. The first-order valence-electron chi connectivity index (χ1n) is 4.41. The zero-order valence-corrected chi connectivity index (χ0v) is 7.93. The van der Waals surface area contributed by atoms with Crippen molar-refractivity contribution in [3.8, 4) is 0 Å². The van der Waals surface area contributed by atoms with Gasteiger partial charge in [0.15, 0.2) is 5.50 Å². The second-order valence-electron chi connectivity index (χ2n) is 3.21. The minimum atomic E-state index is 0.243. The number of likely N-dealkylation sites (N-methyl/N-ethyl adjacent to an activating group) is 1. The quantitative estimate of drug-likeness (QED) is 0.494. The third-order valence-corrected chi connectivity index (χ3v) is 2.94. The lowest BCUT2D eigenvalue weighted by molar-refractivity contribution is -0.837. The molecule has 0 saturated carbocycles. The van der Waals surface area contributed by atoms with E-state index in [-0.39, 0.29) is 5.50 Å². The van der Waals surface area contributed by atoms with Gasteiger partial charge in [-0.15, -0.1) is 0 Å². The van der Waals surface area contributed by atoms with E-state index in [1.165, 1.54) is 16.2 Å². The maximum atomic E-state index is 6.21. The van der Waals surface area contributed by atoms with E-state index in [0.29, 0.717) is 0 Å². The Hall–Kier alpha value is -0.530. The van der Waals surface area contributed by atoms with E-state index in [1.54, 1.807) is 0 Å². The minimum absolute atomic E-state index is 0.243. The van der Waals surface area contributed by atoms with Crippen molar-refractivity contribution in [2.75, 3.05) is 6.54 Å². The third-order valence-electron chi connectivity index (χ3n) is 2.52. The van der Waals surface area contributed by atoms with Gasteiger partial charge in [-0.3, -0.25) is 4.90 Å². The molecule has 0 amide bonds. The van der Waals surface area contributed by atoms with Crippen molar-refractivity contribution in [3.05, 3.63) is 29.8 Å². The van der Waals surface area contributed by atoms with Crippen molar-refractivity contribution in [2.24, 2.45) is 0 Å². The van der Waals surface area contributed by atoms with Gasteiger partial charge in [0.05, 0.1) is 6.54 Å². The summed E-state index contributed by atoms with van der Waals surface area (Å²) in [5.74, 6) is 0. The van der Waals surface area contributed by atoms with E-state index >= 15 is 0 Å². The Balaban J connectivity index is 2.40. The average molecular weight is 183 g/mol. The van der Waals surface area contributed by atoms with Crippen LogP contribution in [-0.4, -0.2) is 12.0 Å². The molecule has 1 N–H and O–H groups in total. The van der Waals surface area contributed by atoms with E-state index in [9.17, 15) is 0 Å². The molecule has 2 unspecified atom stereocenters. The predicted molar refractivity (Wildman–Crippen MR) is 51.0 cm³/mol. The summed E-state index contributed by atoms with van der Waals surface area (Å²) in [6.45, 7) is 3.25. The van der Waals surface area contributed by atoms with Crippen molar-refractivity contribution in [1.29, 1.82) is 0 Å². The molecule has 1 heterocycles. The lowest BCUT2D eigenvalue weighted by Gasteiger charge is -2.14. The lowest BCUT2D eigenvalue weighted by Crippen LogP contribution is -3.08. The van der Waals surface area contributed by atoms with Crippen LogP contribution in [0.5, 0.6) is 0 Å². The Bertz CT molecular complexity index is 285. The minimum Gasteiger partial charge on any atom is -0.287 e. The Labute approximate surface area is 77.9 Å². The number of hydrogen-bond donors (Lipinski definition) is 1. The Morgan fingerprint density at radius 1 is 1.50 bits per heavy atom. The highest BCUT2D eigenvalue weighted by atomic mass is 35.5. The fourth-order valence-electron chi connectivity index (χ4n) is 1.91. The number of hydrogen-bond acceptors (Lipinski definition) is 0. The number of alkyl halides is 1. The van der Waals surface area contributed by atoms with Crippen LogP contribution in [0.1, 0.15) is 12.5 Å². The zero-order chi connectivity index (χ0) is 8.55. The van der Waals surface area contributed by atoms with Crippen LogP contribution < -0.4 is 4.90 Å². The first kappa shape index (κ1) is 8.09. The molecular formula is C10H13ClN+. The highest BCUT2D eigenvalue weighted by Crippen LogP contribution is 2.19. The first-order valence-corrected chi connectivity index (χ1v) is 4.84. The normalized spacial score (nSPS) is 27.2. The molecule has 2 atom stereocenters.